The van der Waals surface area contributed by atoms with Crippen molar-refractivity contribution in [3.05, 3.63) is 0 Å². The summed E-state index contributed by atoms with van der Waals surface area (Å²) in [6.07, 6.45) is 1.81. The second kappa shape index (κ2) is 3.20. The predicted octanol–water partition coefficient (Wildman–Crippen LogP) is -0.439. The molecule has 1 saturated heterocycles. The molecule has 1 N–H and O–H groups in total. The number of β-amino-alcohol motifs (C(OH)–C–C–N with tert-alkyl or cyclic N) is 1. The normalized spacial score (nSPS) is 28.1. The third-order valence-corrected chi connectivity index (χ3v) is 2.56. The second-order valence-electron chi connectivity index (χ2n) is 4.12. The molecule has 0 aliphatic carbocycles. The highest BCUT2D eigenvalue weighted by atomic mass is 16.3. The maximum atomic E-state index is 9.92. The number of rotatable bonds is 1. The van der Waals surface area contributed by atoms with Crippen LogP contribution in [0, 0.1) is 0 Å². The first kappa shape index (κ1) is 9.39. The third kappa shape index (κ3) is 1.70. The molecule has 1 fully saturated rings. The highest BCUT2D eigenvalue weighted by Gasteiger charge is 2.30. The van der Waals surface area contributed by atoms with E-state index in [2.05, 4.69) is 15.5 Å². The highest BCUT2D eigenvalue weighted by Crippen LogP contribution is 2.23. The smallest absolute Gasteiger partial charge is 0.245 e. The van der Waals surface area contributed by atoms with Gasteiger partial charge in [0.15, 0.2) is 0 Å². The van der Waals surface area contributed by atoms with Crippen LogP contribution < -0.4 is 4.90 Å². The maximum absolute atomic E-state index is 9.92. The topological polar surface area (TPSA) is 67.1 Å². The monoisotopic (exact) mass is 197 g/mol. The molecule has 14 heavy (non-hydrogen) atoms. The molecule has 1 atom stereocenters. The Kier molecular flexibility index (Phi) is 2.14. The predicted molar refractivity (Wildman–Crippen MR) is 50.9 cm³/mol. The molecule has 1 aliphatic heterocycles. The van der Waals surface area contributed by atoms with Crippen molar-refractivity contribution in [1.82, 2.24) is 20.2 Å². The van der Waals surface area contributed by atoms with E-state index in [0.717, 1.165) is 25.3 Å². The average molecular weight is 197 g/mol. The van der Waals surface area contributed by atoms with Gasteiger partial charge in [0.1, 0.15) is 0 Å². The lowest BCUT2D eigenvalue weighted by Gasteiger charge is -2.36. The van der Waals surface area contributed by atoms with Crippen LogP contribution in [-0.4, -0.2) is 44.0 Å². The van der Waals surface area contributed by atoms with Gasteiger partial charge >= 0.3 is 0 Å². The Morgan fingerprint density at radius 3 is 2.86 bits per heavy atom. The molecule has 1 aromatic heterocycles. The van der Waals surface area contributed by atoms with Gasteiger partial charge in [-0.1, -0.05) is 5.10 Å². The largest absolute Gasteiger partial charge is 0.388 e. The Bertz CT molecular complexity index is 321. The van der Waals surface area contributed by atoms with Gasteiger partial charge in [0.05, 0.1) is 5.60 Å². The van der Waals surface area contributed by atoms with Gasteiger partial charge < -0.3 is 10.0 Å². The van der Waals surface area contributed by atoms with Crippen LogP contribution in [0.4, 0.5) is 5.95 Å². The van der Waals surface area contributed by atoms with Crippen LogP contribution in [0.5, 0.6) is 0 Å². The lowest BCUT2D eigenvalue weighted by Crippen LogP contribution is -2.47. The molecule has 0 radical (unpaired) electrons. The van der Waals surface area contributed by atoms with Gasteiger partial charge in [0.2, 0.25) is 5.95 Å². The van der Waals surface area contributed by atoms with Crippen molar-refractivity contribution in [3.63, 3.8) is 0 Å². The SMILES string of the molecule is Cn1nnnc1N1CCCC(C)(O)C1. The van der Waals surface area contributed by atoms with Crippen molar-refractivity contribution in [1.29, 1.82) is 0 Å². The number of hydrogen-bond donors (Lipinski definition) is 1. The number of aliphatic hydroxyl groups is 1. The van der Waals surface area contributed by atoms with Crippen molar-refractivity contribution >= 4 is 5.95 Å². The molecule has 78 valence electrons. The van der Waals surface area contributed by atoms with Gasteiger partial charge in [0.25, 0.3) is 0 Å². The third-order valence-electron chi connectivity index (χ3n) is 2.56. The lowest BCUT2D eigenvalue weighted by atomic mass is 9.95. The Labute approximate surface area is 82.5 Å². The number of tetrazole rings is 1. The maximum Gasteiger partial charge on any atom is 0.245 e. The Morgan fingerprint density at radius 2 is 2.29 bits per heavy atom. The summed E-state index contributed by atoms with van der Waals surface area (Å²) in [5, 5.41) is 21.2. The summed E-state index contributed by atoms with van der Waals surface area (Å²) in [4.78, 5) is 2.02. The van der Waals surface area contributed by atoms with Crippen molar-refractivity contribution in [2.75, 3.05) is 18.0 Å². The van der Waals surface area contributed by atoms with Crippen LogP contribution in [0.25, 0.3) is 0 Å². The van der Waals surface area contributed by atoms with E-state index in [1.54, 1.807) is 11.7 Å². The van der Waals surface area contributed by atoms with Crippen molar-refractivity contribution in [2.24, 2.45) is 7.05 Å². The van der Waals surface area contributed by atoms with Crippen molar-refractivity contribution in [3.8, 4) is 0 Å². The molecule has 6 heteroatoms. The van der Waals surface area contributed by atoms with Gasteiger partial charge in [-0.3, -0.25) is 0 Å². The number of nitrogens with zero attached hydrogens (tertiary/aromatic N) is 5. The zero-order valence-corrected chi connectivity index (χ0v) is 8.51. The number of aromatic nitrogens is 4. The fraction of sp³-hybridized carbons (Fsp3) is 0.875. The Morgan fingerprint density at radius 1 is 1.50 bits per heavy atom. The molecule has 0 amide bonds. The number of hydrogen-bond acceptors (Lipinski definition) is 5. The molecular formula is C8H15N5O. The van der Waals surface area contributed by atoms with Crippen molar-refractivity contribution < 1.29 is 5.11 Å². The Balaban J connectivity index is 2.16. The zero-order chi connectivity index (χ0) is 10.2. The fourth-order valence-electron chi connectivity index (χ4n) is 1.88. The second-order valence-corrected chi connectivity index (χ2v) is 4.12. The van der Waals surface area contributed by atoms with Gasteiger partial charge in [-0.25, -0.2) is 4.68 Å². The van der Waals surface area contributed by atoms with Crippen LogP contribution in [-0.2, 0) is 7.05 Å². The molecule has 1 unspecified atom stereocenters. The van der Waals surface area contributed by atoms with E-state index in [4.69, 9.17) is 0 Å². The molecule has 1 aliphatic rings. The van der Waals surface area contributed by atoms with E-state index in [0.29, 0.717) is 6.54 Å². The molecule has 0 saturated carbocycles. The van der Waals surface area contributed by atoms with E-state index in [1.807, 2.05) is 11.8 Å². The first-order chi connectivity index (χ1) is 6.58. The molecular weight excluding hydrogens is 182 g/mol. The van der Waals surface area contributed by atoms with E-state index in [1.165, 1.54) is 0 Å². The van der Waals surface area contributed by atoms with Crippen LogP contribution in [0.15, 0.2) is 0 Å². The lowest BCUT2D eigenvalue weighted by molar-refractivity contribution is 0.0443. The standard InChI is InChI=1S/C8H15N5O/c1-8(14)4-3-5-13(6-8)7-9-10-11-12(7)2/h14H,3-6H2,1-2H3. The van der Waals surface area contributed by atoms with Crippen LogP contribution >= 0.6 is 0 Å². The molecule has 1 aromatic rings. The first-order valence-corrected chi connectivity index (χ1v) is 4.78. The van der Waals surface area contributed by atoms with Gasteiger partial charge in [-0.05, 0) is 30.2 Å². The summed E-state index contributed by atoms with van der Waals surface area (Å²) in [5.74, 6) is 0.727. The van der Waals surface area contributed by atoms with Gasteiger partial charge in [0, 0.05) is 20.1 Å². The fourth-order valence-corrected chi connectivity index (χ4v) is 1.88. The van der Waals surface area contributed by atoms with Crippen molar-refractivity contribution in [2.45, 2.75) is 25.4 Å². The average Bonchev–Trinajstić information content (AvgIpc) is 2.49. The van der Waals surface area contributed by atoms with E-state index in [-0.39, 0.29) is 0 Å². The quantitative estimate of drug-likeness (QED) is 0.661. The number of aryl methyl sites for hydroxylation is 1. The molecule has 0 bridgehead atoms. The van der Waals surface area contributed by atoms with Crippen LogP contribution in [0.3, 0.4) is 0 Å². The molecule has 0 aromatic carbocycles. The highest BCUT2D eigenvalue weighted by molar-refractivity contribution is 5.29. The minimum absolute atomic E-state index is 0.598. The van der Waals surface area contributed by atoms with Gasteiger partial charge in [-0.2, -0.15) is 0 Å². The van der Waals surface area contributed by atoms with E-state index in [9.17, 15) is 5.11 Å². The summed E-state index contributed by atoms with van der Waals surface area (Å²) in [7, 11) is 1.80. The molecule has 0 spiro atoms. The summed E-state index contributed by atoms with van der Waals surface area (Å²) >= 11 is 0. The van der Waals surface area contributed by atoms with Crippen LogP contribution in [0.1, 0.15) is 19.8 Å². The summed E-state index contributed by atoms with van der Waals surface area (Å²) in [6, 6.07) is 0. The first-order valence-electron chi connectivity index (χ1n) is 4.78. The van der Waals surface area contributed by atoms with E-state index >= 15 is 0 Å². The number of anilines is 1. The van der Waals surface area contributed by atoms with Gasteiger partial charge in [-0.15, -0.1) is 0 Å². The molecule has 6 nitrogen and oxygen atoms in total. The van der Waals surface area contributed by atoms with E-state index < -0.39 is 5.60 Å². The summed E-state index contributed by atoms with van der Waals surface area (Å²) in [6.45, 7) is 3.36. The number of piperidine rings is 1. The Hall–Kier alpha value is -1.17. The minimum atomic E-state index is -0.621. The molecule has 2 heterocycles. The molecule has 2 rings (SSSR count). The zero-order valence-electron chi connectivity index (χ0n) is 8.51. The minimum Gasteiger partial charge on any atom is -0.388 e. The van der Waals surface area contributed by atoms with Crippen LogP contribution in [0.2, 0.25) is 0 Å². The summed E-state index contributed by atoms with van der Waals surface area (Å²) in [5.41, 5.74) is -0.621. The summed E-state index contributed by atoms with van der Waals surface area (Å²) < 4.78 is 1.63.